The first-order valence-corrected chi connectivity index (χ1v) is 8.90. The molecule has 2 aromatic rings. The van der Waals surface area contributed by atoms with Crippen LogP contribution < -0.4 is 10.6 Å². The topological polar surface area (TPSA) is 71.1 Å². The second-order valence-corrected chi connectivity index (χ2v) is 8.06. The molecule has 2 N–H and O–H groups in total. The zero-order chi connectivity index (χ0) is 19.5. The normalized spacial score (nSPS) is 11.3. The first kappa shape index (κ1) is 20.0. The molecule has 26 heavy (non-hydrogen) atoms. The quantitative estimate of drug-likeness (QED) is 0.825. The van der Waals surface area contributed by atoms with Crippen LogP contribution in [0, 0.1) is 24.0 Å². The standard InChI is InChI=1S/C18H21F2N3O2S/c1-10-15(11-5-6-12(19)13(20)9-11)23-17(26-10)22-14(24)7-8-21-16(25)18(2,3)4/h5-6,9H,7-8H2,1-4H3,(H,21,25)(H,22,23,24). The van der Waals surface area contributed by atoms with Gasteiger partial charge in [0.25, 0.3) is 0 Å². The second-order valence-electron chi connectivity index (χ2n) is 6.86. The minimum Gasteiger partial charge on any atom is -0.355 e. The lowest BCUT2D eigenvalue weighted by Crippen LogP contribution is -2.36. The van der Waals surface area contributed by atoms with Gasteiger partial charge in [-0.25, -0.2) is 13.8 Å². The molecular formula is C18H21F2N3O2S. The molecule has 0 bridgehead atoms. The van der Waals surface area contributed by atoms with Crippen LogP contribution in [-0.2, 0) is 9.59 Å². The largest absolute Gasteiger partial charge is 0.355 e. The van der Waals surface area contributed by atoms with Crippen LogP contribution in [0.4, 0.5) is 13.9 Å². The Morgan fingerprint density at radius 2 is 1.88 bits per heavy atom. The molecule has 0 fully saturated rings. The number of hydrogen-bond donors (Lipinski definition) is 2. The minimum absolute atomic E-state index is 0.112. The number of benzene rings is 1. The third kappa shape index (κ3) is 5.08. The molecule has 2 amide bonds. The average Bonchev–Trinajstić information content (AvgIpc) is 2.89. The first-order chi connectivity index (χ1) is 12.1. The molecule has 0 unspecified atom stereocenters. The number of carbonyl (C=O) groups excluding carboxylic acids is 2. The maximum atomic E-state index is 13.4. The number of thiazole rings is 1. The Morgan fingerprint density at radius 3 is 2.50 bits per heavy atom. The van der Waals surface area contributed by atoms with Crippen molar-refractivity contribution in [2.75, 3.05) is 11.9 Å². The highest BCUT2D eigenvalue weighted by Crippen LogP contribution is 2.31. The Hall–Kier alpha value is -2.35. The number of nitrogens with one attached hydrogen (secondary N) is 2. The molecule has 1 aromatic carbocycles. The van der Waals surface area contributed by atoms with E-state index in [1.807, 2.05) is 0 Å². The zero-order valence-corrected chi connectivity index (χ0v) is 15.9. The molecule has 0 aliphatic heterocycles. The van der Waals surface area contributed by atoms with Gasteiger partial charge >= 0.3 is 0 Å². The van der Waals surface area contributed by atoms with Crippen molar-refractivity contribution in [1.82, 2.24) is 10.3 Å². The number of halogens is 2. The number of amides is 2. The third-order valence-corrected chi connectivity index (χ3v) is 4.44. The predicted octanol–water partition coefficient (Wildman–Crippen LogP) is 3.89. The predicted molar refractivity (Wildman–Crippen MR) is 97.9 cm³/mol. The van der Waals surface area contributed by atoms with Crippen LogP contribution in [0.2, 0.25) is 0 Å². The SMILES string of the molecule is Cc1sc(NC(=O)CCNC(=O)C(C)(C)C)nc1-c1ccc(F)c(F)c1. The van der Waals surface area contributed by atoms with Crippen LogP contribution in [0.15, 0.2) is 18.2 Å². The van der Waals surface area contributed by atoms with E-state index in [-0.39, 0.29) is 24.8 Å². The van der Waals surface area contributed by atoms with E-state index in [0.29, 0.717) is 16.4 Å². The zero-order valence-electron chi connectivity index (χ0n) is 15.1. The van der Waals surface area contributed by atoms with E-state index < -0.39 is 17.0 Å². The van der Waals surface area contributed by atoms with Gasteiger partial charge in [-0.15, -0.1) is 11.3 Å². The van der Waals surface area contributed by atoms with Crippen molar-refractivity contribution in [1.29, 1.82) is 0 Å². The fourth-order valence-electron chi connectivity index (χ4n) is 2.10. The molecule has 0 aliphatic rings. The van der Waals surface area contributed by atoms with Crippen molar-refractivity contribution in [2.45, 2.75) is 34.1 Å². The van der Waals surface area contributed by atoms with Crippen LogP contribution in [0.3, 0.4) is 0 Å². The Morgan fingerprint density at radius 1 is 1.19 bits per heavy atom. The van der Waals surface area contributed by atoms with E-state index in [2.05, 4.69) is 15.6 Å². The third-order valence-electron chi connectivity index (χ3n) is 3.55. The Labute approximate surface area is 154 Å². The summed E-state index contributed by atoms with van der Waals surface area (Å²) in [5.74, 6) is -2.29. The van der Waals surface area contributed by atoms with Crippen LogP contribution in [0.25, 0.3) is 11.3 Å². The highest BCUT2D eigenvalue weighted by molar-refractivity contribution is 7.16. The lowest BCUT2D eigenvalue weighted by atomic mass is 9.96. The van der Waals surface area contributed by atoms with E-state index >= 15 is 0 Å². The molecule has 8 heteroatoms. The van der Waals surface area contributed by atoms with Crippen LogP contribution >= 0.6 is 11.3 Å². The molecule has 140 valence electrons. The monoisotopic (exact) mass is 381 g/mol. The molecule has 1 aromatic heterocycles. The molecule has 0 aliphatic carbocycles. The molecule has 0 saturated heterocycles. The van der Waals surface area contributed by atoms with Gasteiger partial charge in [-0.05, 0) is 25.1 Å². The first-order valence-electron chi connectivity index (χ1n) is 8.09. The number of carbonyl (C=O) groups is 2. The Bertz CT molecular complexity index is 828. The fourth-order valence-corrected chi connectivity index (χ4v) is 2.95. The van der Waals surface area contributed by atoms with Gasteiger partial charge in [0.05, 0.1) is 5.69 Å². The Kier molecular flexibility index (Phi) is 6.07. The van der Waals surface area contributed by atoms with Gasteiger partial charge in [-0.1, -0.05) is 20.8 Å². The van der Waals surface area contributed by atoms with Crippen LogP contribution in [0.1, 0.15) is 32.1 Å². The van der Waals surface area contributed by atoms with Crippen molar-refractivity contribution in [3.05, 3.63) is 34.7 Å². The number of aryl methyl sites for hydroxylation is 1. The number of aromatic nitrogens is 1. The maximum Gasteiger partial charge on any atom is 0.227 e. The van der Waals surface area contributed by atoms with Crippen molar-refractivity contribution in [3.63, 3.8) is 0 Å². The smallest absolute Gasteiger partial charge is 0.227 e. The number of hydrogen-bond acceptors (Lipinski definition) is 4. The van der Waals surface area contributed by atoms with Gasteiger partial charge in [0.1, 0.15) is 0 Å². The maximum absolute atomic E-state index is 13.4. The van der Waals surface area contributed by atoms with Crippen molar-refractivity contribution in [2.24, 2.45) is 5.41 Å². The molecule has 1 heterocycles. The summed E-state index contributed by atoms with van der Waals surface area (Å²) >= 11 is 1.25. The van der Waals surface area contributed by atoms with Gasteiger partial charge in [0, 0.05) is 28.8 Å². The lowest BCUT2D eigenvalue weighted by molar-refractivity contribution is -0.128. The molecule has 0 spiro atoms. The van der Waals surface area contributed by atoms with E-state index in [9.17, 15) is 18.4 Å². The summed E-state index contributed by atoms with van der Waals surface area (Å²) < 4.78 is 26.5. The summed E-state index contributed by atoms with van der Waals surface area (Å²) in [6, 6.07) is 3.55. The number of nitrogens with zero attached hydrogens (tertiary/aromatic N) is 1. The molecular weight excluding hydrogens is 360 g/mol. The fraction of sp³-hybridized carbons (Fsp3) is 0.389. The molecule has 0 atom stereocenters. The van der Waals surface area contributed by atoms with Crippen molar-refractivity contribution < 1.29 is 18.4 Å². The summed E-state index contributed by atoms with van der Waals surface area (Å²) in [4.78, 5) is 28.8. The highest BCUT2D eigenvalue weighted by Gasteiger charge is 2.21. The summed E-state index contributed by atoms with van der Waals surface area (Å²) in [7, 11) is 0. The molecule has 2 rings (SSSR count). The van der Waals surface area contributed by atoms with Crippen LogP contribution in [-0.4, -0.2) is 23.3 Å². The van der Waals surface area contributed by atoms with Crippen molar-refractivity contribution >= 4 is 28.3 Å². The minimum atomic E-state index is -0.949. The lowest BCUT2D eigenvalue weighted by Gasteiger charge is -2.17. The molecule has 0 radical (unpaired) electrons. The summed E-state index contributed by atoms with van der Waals surface area (Å²) in [5, 5.41) is 5.73. The summed E-state index contributed by atoms with van der Waals surface area (Å²) in [5.41, 5.74) is 0.420. The summed E-state index contributed by atoms with van der Waals surface area (Å²) in [6.45, 7) is 7.39. The second kappa shape index (κ2) is 7.90. The van der Waals surface area contributed by atoms with E-state index in [4.69, 9.17) is 0 Å². The highest BCUT2D eigenvalue weighted by atomic mass is 32.1. The van der Waals surface area contributed by atoms with Gasteiger partial charge in [-0.3, -0.25) is 9.59 Å². The molecule has 5 nitrogen and oxygen atoms in total. The van der Waals surface area contributed by atoms with Gasteiger partial charge in [0.2, 0.25) is 11.8 Å². The van der Waals surface area contributed by atoms with E-state index in [0.717, 1.165) is 17.0 Å². The van der Waals surface area contributed by atoms with E-state index in [1.165, 1.54) is 17.4 Å². The number of rotatable bonds is 5. The molecule has 0 saturated carbocycles. The Balaban J connectivity index is 1.97. The van der Waals surface area contributed by atoms with Crippen molar-refractivity contribution in [3.8, 4) is 11.3 Å². The number of anilines is 1. The van der Waals surface area contributed by atoms with Gasteiger partial charge in [-0.2, -0.15) is 0 Å². The van der Waals surface area contributed by atoms with Crippen LogP contribution in [0.5, 0.6) is 0 Å². The van der Waals surface area contributed by atoms with E-state index in [1.54, 1.807) is 27.7 Å². The van der Waals surface area contributed by atoms with Gasteiger partial charge < -0.3 is 10.6 Å². The van der Waals surface area contributed by atoms with Gasteiger partial charge in [0.15, 0.2) is 16.8 Å². The average molecular weight is 381 g/mol. The summed E-state index contributed by atoms with van der Waals surface area (Å²) in [6.07, 6.45) is 0.112.